The van der Waals surface area contributed by atoms with E-state index >= 15 is 0 Å². The minimum absolute atomic E-state index is 0.0955. The number of nitrogens with zero attached hydrogens (tertiary/aromatic N) is 3. The first-order valence-corrected chi connectivity index (χ1v) is 14.6. The molecule has 1 amide bonds. The molecule has 40 heavy (non-hydrogen) atoms. The second-order valence-corrected chi connectivity index (χ2v) is 11.7. The zero-order valence-electron chi connectivity index (χ0n) is 22.9. The minimum Gasteiger partial charge on any atom is -0.337 e. The SMILES string of the molecule is O=C(c1ccc2[nH]nc(C#Cc3ccccc3-c3ccccc3CN3CCCC3)c2c1)N1CC2(CCCNC2)C1. The Morgan fingerprint density at radius 1 is 0.925 bits per heavy atom. The molecule has 3 aromatic carbocycles. The van der Waals surface area contributed by atoms with Crippen molar-refractivity contribution in [3.05, 3.63) is 89.1 Å². The molecule has 3 aliphatic rings. The van der Waals surface area contributed by atoms with Gasteiger partial charge in [-0.05, 0) is 92.2 Å². The highest BCUT2D eigenvalue weighted by molar-refractivity contribution is 5.99. The lowest BCUT2D eigenvalue weighted by atomic mass is 9.74. The lowest BCUT2D eigenvalue weighted by Gasteiger charge is -2.52. The average molecular weight is 530 g/mol. The highest BCUT2D eigenvalue weighted by Gasteiger charge is 2.45. The maximum atomic E-state index is 13.3. The van der Waals surface area contributed by atoms with Crippen LogP contribution in [-0.2, 0) is 6.54 Å². The number of fused-ring (bicyclic) bond motifs is 1. The molecule has 0 bridgehead atoms. The summed E-state index contributed by atoms with van der Waals surface area (Å²) in [5, 5.41) is 12.0. The average Bonchev–Trinajstić information content (AvgIpc) is 3.65. The van der Waals surface area contributed by atoms with E-state index in [0.29, 0.717) is 11.3 Å². The molecule has 3 aliphatic heterocycles. The van der Waals surface area contributed by atoms with Crippen molar-refractivity contribution in [2.45, 2.75) is 32.2 Å². The topological polar surface area (TPSA) is 64.3 Å². The number of carbonyl (C=O) groups excluding carboxylic acids is 1. The van der Waals surface area contributed by atoms with Crippen molar-refractivity contribution in [1.29, 1.82) is 0 Å². The maximum Gasteiger partial charge on any atom is 0.253 e. The molecule has 0 unspecified atom stereocenters. The number of hydrogen-bond acceptors (Lipinski definition) is 4. The summed E-state index contributed by atoms with van der Waals surface area (Å²) in [5.41, 5.74) is 7.22. The number of benzene rings is 3. The van der Waals surface area contributed by atoms with Crippen molar-refractivity contribution < 1.29 is 4.79 Å². The number of hydrogen-bond donors (Lipinski definition) is 2. The van der Waals surface area contributed by atoms with E-state index in [9.17, 15) is 4.79 Å². The van der Waals surface area contributed by atoms with Crippen LogP contribution in [0.1, 0.15) is 52.9 Å². The molecule has 6 heteroatoms. The first-order chi connectivity index (χ1) is 19.7. The molecule has 7 rings (SSSR count). The van der Waals surface area contributed by atoms with Gasteiger partial charge in [-0.2, -0.15) is 5.10 Å². The molecule has 202 valence electrons. The largest absolute Gasteiger partial charge is 0.337 e. The van der Waals surface area contributed by atoms with Crippen LogP contribution in [0.2, 0.25) is 0 Å². The summed E-state index contributed by atoms with van der Waals surface area (Å²) in [6.45, 7) is 7.09. The number of aromatic amines is 1. The fraction of sp³-hybridized carbons (Fsp3) is 0.353. The van der Waals surface area contributed by atoms with Crippen LogP contribution in [0.15, 0.2) is 66.7 Å². The number of carbonyl (C=O) groups is 1. The predicted molar refractivity (Wildman–Crippen MR) is 159 cm³/mol. The molecule has 6 nitrogen and oxygen atoms in total. The molecule has 0 aliphatic carbocycles. The molecule has 0 radical (unpaired) electrons. The van der Waals surface area contributed by atoms with Crippen LogP contribution in [0.4, 0.5) is 0 Å². The van der Waals surface area contributed by atoms with Gasteiger partial charge in [-0.25, -0.2) is 0 Å². The Kier molecular flexibility index (Phi) is 6.63. The Balaban J connectivity index is 1.15. The summed E-state index contributed by atoms with van der Waals surface area (Å²) in [6.07, 6.45) is 4.96. The lowest BCUT2D eigenvalue weighted by molar-refractivity contribution is -0.00721. The van der Waals surface area contributed by atoms with Gasteiger partial charge in [0, 0.05) is 48.1 Å². The monoisotopic (exact) mass is 529 g/mol. The van der Waals surface area contributed by atoms with Crippen LogP contribution in [0, 0.1) is 17.3 Å². The highest BCUT2D eigenvalue weighted by atomic mass is 16.2. The van der Waals surface area contributed by atoms with E-state index in [0.717, 1.165) is 54.8 Å². The smallest absolute Gasteiger partial charge is 0.253 e. The van der Waals surface area contributed by atoms with Gasteiger partial charge < -0.3 is 10.2 Å². The van der Waals surface area contributed by atoms with Crippen LogP contribution in [-0.4, -0.2) is 65.2 Å². The van der Waals surface area contributed by atoms with Gasteiger partial charge in [0.05, 0.1) is 5.52 Å². The normalized spacial score (nSPS) is 18.4. The van der Waals surface area contributed by atoms with E-state index in [1.165, 1.54) is 49.9 Å². The molecule has 2 N–H and O–H groups in total. The Morgan fingerprint density at radius 3 is 2.55 bits per heavy atom. The summed E-state index contributed by atoms with van der Waals surface area (Å²) >= 11 is 0. The Hall–Kier alpha value is -3.92. The first kappa shape index (κ1) is 25.1. The van der Waals surface area contributed by atoms with Gasteiger partial charge >= 0.3 is 0 Å². The third-order valence-electron chi connectivity index (χ3n) is 8.85. The summed E-state index contributed by atoms with van der Waals surface area (Å²) in [7, 11) is 0. The van der Waals surface area contributed by atoms with Crippen LogP contribution in [0.25, 0.3) is 22.0 Å². The van der Waals surface area contributed by atoms with E-state index < -0.39 is 0 Å². The minimum atomic E-state index is 0.0955. The van der Waals surface area contributed by atoms with Crippen molar-refractivity contribution in [3.8, 4) is 23.0 Å². The number of rotatable bonds is 4. The number of amides is 1. The zero-order valence-corrected chi connectivity index (χ0v) is 22.9. The van der Waals surface area contributed by atoms with Crippen molar-refractivity contribution in [1.82, 2.24) is 25.3 Å². The number of nitrogens with one attached hydrogen (secondary N) is 2. The number of H-pyrrole nitrogens is 1. The lowest BCUT2D eigenvalue weighted by Crippen LogP contribution is -2.63. The Morgan fingerprint density at radius 2 is 1.73 bits per heavy atom. The van der Waals surface area contributed by atoms with Gasteiger partial charge in [-0.15, -0.1) is 0 Å². The quantitative estimate of drug-likeness (QED) is 0.363. The van der Waals surface area contributed by atoms with Crippen molar-refractivity contribution in [3.63, 3.8) is 0 Å². The second kappa shape index (κ2) is 10.6. The fourth-order valence-corrected chi connectivity index (χ4v) is 6.69. The second-order valence-electron chi connectivity index (χ2n) is 11.7. The summed E-state index contributed by atoms with van der Waals surface area (Å²) in [4.78, 5) is 17.8. The van der Waals surface area contributed by atoms with Crippen molar-refractivity contribution in [2.24, 2.45) is 5.41 Å². The molecule has 0 saturated carbocycles. The molecule has 0 atom stereocenters. The van der Waals surface area contributed by atoms with Crippen LogP contribution in [0.5, 0.6) is 0 Å². The van der Waals surface area contributed by atoms with Crippen LogP contribution < -0.4 is 5.32 Å². The van der Waals surface area contributed by atoms with Crippen LogP contribution in [0.3, 0.4) is 0 Å². The molecular weight excluding hydrogens is 494 g/mol. The molecule has 4 heterocycles. The first-order valence-electron chi connectivity index (χ1n) is 14.6. The Labute approximate surface area is 235 Å². The fourth-order valence-electron chi connectivity index (χ4n) is 6.69. The summed E-state index contributed by atoms with van der Waals surface area (Å²) in [6, 6.07) is 22.8. The number of aromatic nitrogens is 2. The van der Waals surface area contributed by atoms with E-state index in [1.54, 1.807) is 0 Å². The van der Waals surface area contributed by atoms with E-state index in [4.69, 9.17) is 0 Å². The molecule has 1 aromatic heterocycles. The van der Waals surface area contributed by atoms with Gasteiger partial charge in [0.2, 0.25) is 0 Å². The standard InChI is InChI=1S/C34H35N5O/c40-33(39-23-34(24-39)16-7-17-35-22-34)26-13-15-32-30(20-26)31(36-37-32)14-12-25-8-1-3-10-28(25)29-11-4-2-9-27(29)21-38-18-5-6-19-38/h1-4,8-11,13,15,20,35H,5-7,16-19,21-24H2,(H,36,37). The van der Waals surface area contributed by atoms with Gasteiger partial charge in [-0.1, -0.05) is 48.4 Å². The van der Waals surface area contributed by atoms with E-state index in [1.807, 2.05) is 29.2 Å². The third-order valence-corrected chi connectivity index (χ3v) is 8.85. The van der Waals surface area contributed by atoms with Crippen molar-refractivity contribution in [2.75, 3.05) is 39.3 Å². The van der Waals surface area contributed by atoms with E-state index in [2.05, 4.69) is 74.7 Å². The summed E-state index contributed by atoms with van der Waals surface area (Å²) < 4.78 is 0. The zero-order chi connectivity index (χ0) is 26.9. The predicted octanol–water partition coefficient (Wildman–Crippen LogP) is 5.05. The molecular formula is C34H35N5O. The Bertz CT molecular complexity index is 1610. The van der Waals surface area contributed by atoms with Gasteiger partial charge in [0.1, 0.15) is 5.69 Å². The summed E-state index contributed by atoms with van der Waals surface area (Å²) in [5.74, 6) is 6.83. The highest BCUT2D eigenvalue weighted by Crippen LogP contribution is 2.37. The molecule has 4 aromatic rings. The molecule has 3 fully saturated rings. The molecule has 1 spiro atoms. The number of piperidine rings is 1. The maximum absolute atomic E-state index is 13.3. The van der Waals surface area contributed by atoms with Crippen LogP contribution >= 0.6 is 0 Å². The van der Waals surface area contributed by atoms with Gasteiger partial charge in [-0.3, -0.25) is 14.8 Å². The third kappa shape index (κ3) is 4.81. The molecule has 3 saturated heterocycles. The van der Waals surface area contributed by atoms with E-state index in [-0.39, 0.29) is 11.3 Å². The van der Waals surface area contributed by atoms with Crippen molar-refractivity contribution >= 4 is 16.8 Å². The number of likely N-dealkylation sites (tertiary alicyclic amines) is 2. The van der Waals surface area contributed by atoms with Gasteiger partial charge in [0.25, 0.3) is 5.91 Å². The van der Waals surface area contributed by atoms with Gasteiger partial charge in [0.15, 0.2) is 0 Å².